The summed E-state index contributed by atoms with van der Waals surface area (Å²) in [6.45, 7) is 3.64. The van der Waals surface area contributed by atoms with Crippen molar-refractivity contribution in [1.82, 2.24) is 9.55 Å². The minimum Gasteiger partial charge on any atom is -0.494 e. The summed E-state index contributed by atoms with van der Waals surface area (Å²) in [6, 6.07) is 16.4. The lowest BCUT2D eigenvalue weighted by atomic mass is 10.2. The predicted octanol–water partition coefficient (Wildman–Crippen LogP) is 3.86. The van der Waals surface area contributed by atoms with E-state index in [9.17, 15) is 0 Å². The van der Waals surface area contributed by atoms with Crippen molar-refractivity contribution in [1.29, 1.82) is 0 Å². The molecule has 0 amide bonds. The average molecular weight is 295 g/mol. The van der Waals surface area contributed by atoms with Crippen LogP contribution < -0.4 is 10.1 Å². The fourth-order valence-corrected chi connectivity index (χ4v) is 2.61. The van der Waals surface area contributed by atoms with Gasteiger partial charge in [-0.15, -0.1) is 0 Å². The minimum atomic E-state index is 0.694. The molecule has 0 aliphatic carbocycles. The van der Waals surface area contributed by atoms with E-state index in [2.05, 4.69) is 40.0 Å². The molecular weight excluding hydrogens is 274 g/mol. The number of nitrogens with one attached hydrogen (secondary N) is 1. The maximum absolute atomic E-state index is 5.82. The van der Waals surface area contributed by atoms with Crippen molar-refractivity contribution in [2.75, 3.05) is 19.0 Å². The van der Waals surface area contributed by atoms with E-state index in [-0.39, 0.29) is 0 Å². The largest absolute Gasteiger partial charge is 0.494 e. The monoisotopic (exact) mass is 295 g/mol. The molecule has 3 aromatic rings. The molecule has 0 bridgehead atoms. The van der Waals surface area contributed by atoms with Gasteiger partial charge in [0, 0.05) is 13.6 Å². The van der Waals surface area contributed by atoms with Crippen molar-refractivity contribution in [2.24, 2.45) is 0 Å². The SMILES string of the molecule is CNc1nc2ccccc2n1CCCOc1cccc(C)c1. The maximum Gasteiger partial charge on any atom is 0.203 e. The smallest absolute Gasteiger partial charge is 0.203 e. The molecule has 0 atom stereocenters. The molecule has 2 aromatic carbocycles. The number of para-hydroxylation sites is 2. The predicted molar refractivity (Wildman–Crippen MR) is 90.6 cm³/mol. The maximum atomic E-state index is 5.82. The number of aromatic nitrogens is 2. The number of nitrogens with zero attached hydrogens (tertiary/aromatic N) is 2. The minimum absolute atomic E-state index is 0.694. The van der Waals surface area contributed by atoms with Crippen LogP contribution in [0.25, 0.3) is 11.0 Å². The van der Waals surface area contributed by atoms with E-state index in [1.807, 2.05) is 37.4 Å². The van der Waals surface area contributed by atoms with E-state index in [1.165, 1.54) is 5.56 Å². The lowest BCUT2D eigenvalue weighted by molar-refractivity contribution is 0.303. The Labute approximate surface area is 130 Å². The Hall–Kier alpha value is -2.49. The van der Waals surface area contributed by atoms with E-state index in [0.717, 1.165) is 35.7 Å². The molecule has 4 heteroatoms. The molecule has 1 N–H and O–H groups in total. The Kier molecular flexibility index (Phi) is 4.28. The third kappa shape index (κ3) is 3.06. The van der Waals surface area contributed by atoms with Gasteiger partial charge in [-0.1, -0.05) is 24.3 Å². The van der Waals surface area contributed by atoms with Crippen molar-refractivity contribution >= 4 is 17.0 Å². The Morgan fingerprint density at radius 3 is 2.82 bits per heavy atom. The van der Waals surface area contributed by atoms with Crippen LogP contribution in [0.15, 0.2) is 48.5 Å². The highest BCUT2D eigenvalue weighted by Crippen LogP contribution is 2.20. The van der Waals surface area contributed by atoms with E-state index in [0.29, 0.717) is 6.61 Å². The number of anilines is 1. The molecule has 4 nitrogen and oxygen atoms in total. The highest BCUT2D eigenvalue weighted by molar-refractivity contribution is 5.78. The molecule has 0 unspecified atom stereocenters. The molecule has 0 saturated heterocycles. The molecule has 3 rings (SSSR count). The quantitative estimate of drug-likeness (QED) is 0.702. The zero-order valence-electron chi connectivity index (χ0n) is 13.0. The first-order valence-electron chi connectivity index (χ1n) is 7.60. The molecule has 22 heavy (non-hydrogen) atoms. The number of benzene rings is 2. The summed E-state index contributed by atoms with van der Waals surface area (Å²) in [6.07, 6.45) is 0.934. The summed E-state index contributed by atoms with van der Waals surface area (Å²) in [4.78, 5) is 4.59. The Morgan fingerprint density at radius 1 is 1.14 bits per heavy atom. The molecule has 0 aliphatic heterocycles. The van der Waals surface area contributed by atoms with Gasteiger partial charge in [0.25, 0.3) is 0 Å². The zero-order valence-corrected chi connectivity index (χ0v) is 13.0. The molecule has 0 fully saturated rings. The highest BCUT2D eigenvalue weighted by atomic mass is 16.5. The van der Waals surface area contributed by atoms with Crippen LogP contribution in [0.1, 0.15) is 12.0 Å². The third-order valence-electron chi connectivity index (χ3n) is 3.66. The first kappa shape index (κ1) is 14.4. The van der Waals surface area contributed by atoms with Crippen LogP contribution in [0, 0.1) is 6.92 Å². The number of ether oxygens (including phenoxy) is 1. The van der Waals surface area contributed by atoms with Gasteiger partial charge in [-0.25, -0.2) is 4.98 Å². The van der Waals surface area contributed by atoms with Gasteiger partial charge in [-0.2, -0.15) is 0 Å². The number of hydrogen-bond donors (Lipinski definition) is 1. The second kappa shape index (κ2) is 6.52. The van der Waals surface area contributed by atoms with Crippen molar-refractivity contribution in [2.45, 2.75) is 19.9 Å². The number of aryl methyl sites for hydroxylation is 2. The summed E-state index contributed by atoms with van der Waals surface area (Å²) in [7, 11) is 1.90. The topological polar surface area (TPSA) is 39.1 Å². The van der Waals surface area contributed by atoms with Gasteiger partial charge in [0.2, 0.25) is 5.95 Å². The van der Waals surface area contributed by atoms with Gasteiger partial charge in [0.05, 0.1) is 17.6 Å². The molecule has 0 saturated carbocycles. The van der Waals surface area contributed by atoms with Crippen LogP contribution in [0.5, 0.6) is 5.75 Å². The molecule has 114 valence electrons. The molecule has 1 heterocycles. The van der Waals surface area contributed by atoms with Crippen molar-refractivity contribution in [3.05, 3.63) is 54.1 Å². The molecule has 1 aromatic heterocycles. The third-order valence-corrected chi connectivity index (χ3v) is 3.66. The zero-order chi connectivity index (χ0) is 15.4. The Bertz CT molecular complexity index is 764. The van der Waals surface area contributed by atoms with Gasteiger partial charge in [0.1, 0.15) is 5.75 Å². The van der Waals surface area contributed by atoms with Crippen molar-refractivity contribution in [3.63, 3.8) is 0 Å². The highest BCUT2D eigenvalue weighted by Gasteiger charge is 2.08. The summed E-state index contributed by atoms with van der Waals surface area (Å²) < 4.78 is 8.02. The van der Waals surface area contributed by atoms with E-state index >= 15 is 0 Å². The van der Waals surface area contributed by atoms with E-state index < -0.39 is 0 Å². The van der Waals surface area contributed by atoms with Crippen LogP contribution in [-0.2, 0) is 6.54 Å². The fraction of sp³-hybridized carbons (Fsp3) is 0.278. The summed E-state index contributed by atoms with van der Waals surface area (Å²) in [5.41, 5.74) is 3.39. The number of imidazole rings is 1. The van der Waals surface area contributed by atoms with Gasteiger partial charge in [-0.05, 0) is 43.2 Å². The molecular formula is C18H21N3O. The summed E-state index contributed by atoms with van der Waals surface area (Å²) in [5.74, 6) is 1.83. The van der Waals surface area contributed by atoms with Gasteiger partial charge in [-0.3, -0.25) is 0 Å². The van der Waals surface area contributed by atoms with Crippen LogP contribution in [-0.4, -0.2) is 23.2 Å². The fourth-order valence-electron chi connectivity index (χ4n) is 2.61. The normalized spacial score (nSPS) is 10.8. The molecule has 0 spiro atoms. The number of hydrogen-bond acceptors (Lipinski definition) is 3. The number of rotatable bonds is 6. The first-order valence-corrected chi connectivity index (χ1v) is 7.60. The molecule has 0 aliphatic rings. The second-order valence-corrected chi connectivity index (χ2v) is 5.34. The van der Waals surface area contributed by atoms with Crippen molar-refractivity contribution < 1.29 is 4.74 Å². The Balaban J connectivity index is 1.64. The molecule has 0 radical (unpaired) electrons. The average Bonchev–Trinajstić information content (AvgIpc) is 2.89. The van der Waals surface area contributed by atoms with E-state index in [4.69, 9.17) is 4.74 Å². The number of fused-ring (bicyclic) bond motifs is 1. The van der Waals surface area contributed by atoms with Crippen molar-refractivity contribution in [3.8, 4) is 5.75 Å². The Morgan fingerprint density at radius 2 is 2.00 bits per heavy atom. The first-order chi connectivity index (χ1) is 10.8. The van der Waals surface area contributed by atoms with Gasteiger partial charge < -0.3 is 14.6 Å². The summed E-state index contributed by atoms with van der Waals surface area (Å²) >= 11 is 0. The lowest BCUT2D eigenvalue weighted by Crippen LogP contribution is -2.07. The van der Waals surface area contributed by atoms with Gasteiger partial charge in [0.15, 0.2) is 0 Å². The van der Waals surface area contributed by atoms with Crippen LogP contribution in [0.2, 0.25) is 0 Å². The lowest BCUT2D eigenvalue weighted by Gasteiger charge is -2.10. The standard InChI is InChI=1S/C18H21N3O/c1-14-7-5-8-15(13-14)22-12-6-11-21-17-10-4-3-9-16(17)20-18(21)19-2/h3-5,7-10,13H,6,11-12H2,1-2H3,(H,19,20). The second-order valence-electron chi connectivity index (χ2n) is 5.34. The summed E-state index contributed by atoms with van der Waals surface area (Å²) in [5, 5.41) is 3.16. The van der Waals surface area contributed by atoms with Crippen LogP contribution >= 0.6 is 0 Å². The van der Waals surface area contributed by atoms with Crippen LogP contribution in [0.3, 0.4) is 0 Å². The van der Waals surface area contributed by atoms with Crippen LogP contribution in [0.4, 0.5) is 5.95 Å². The van der Waals surface area contributed by atoms with E-state index in [1.54, 1.807) is 0 Å². The van der Waals surface area contributed by atoms with Gasteiger partial charge >= 0.3 is 0 Å².